The zero-order valence-electron chi connectivity index (χ0n) is 15.0. The Bertz CT molecular complexity index is 1020. The molecule has 6 nitrogen and oxygen atoms in total. The van der Waals surface area contributed by atoms with Gasteiger partial charge in [0.1, 0.15) is 5.76 Å². The van der Waals surface area contributed by atoms with Crippen LogP contribution in [0.2, 0.25) is 0 Å². The summed E-state index contributed by atoms with van der Waals surface area (Å²) in [6.07, 6.45) is 3.88. The summed E-state index contributed by atoms with van der Waals surface area (Å²) in [7, 11) is 0. The van der Waals surface area contributed by atoms with Crippen molar-refractivity contribution in [2.45, 2.75) is 6.42 Å². The van der Waals surface area contributed by atoms with E-state index >= 15 is 0 Å². The first kappa shape index (κ1) is 17.6. The van der Waals surface area contributed by atoms with Gasteiger partial charge in [-0.2, -0.15) is 0 Å². The first-order valence-corrected chi connectivity index (χ1v) is 8.89. The Kier molecular flexibility index (Phi) is 4.93. The zero-order valence-corrected chi connectivity index (χ0v) is 15.0. The molecule has 2 heterocycles. The van der Waals surface area contributed by atoms with Gasteiger partial charge >= 0.3 is 0 Å². The van der Waals surface area contributed by atoms with Crippen LogP contribution in [-0.4, -0.2) is 18.4 Å². The highest BCUT2D eigenvalue weighted by Crippen LogP contribution is 2.32. The molecule has 2 aromatic carbocycles. The third kappa shape index (κ3) is 3.96. The van der Waals surface area contributed by atoms with Crippen molar-refractivity contribution in [1.82, 2.24) is 5.32 Å². The van der Waals surface area contributed by atoms with Crippen molar-refractivity contribution in [3.05, 3.63) is 89.6 Å². The lowest BCUT2D eigenvalue weighted by molar-refractivity contribution is -0.115. The van der Waals surface area contributed by atoms with Gasteiger partial charge in [-0.1, -0.05) is 30.3 Å². The molecular weight excluding hydrogens is 356 g/mol. The third-order valence-electron chi connectivity index (χ3n) is 4.27. The molecule has 4 rings (SSSR count). The number of carbonyl (C=O) groups is 2. The fourth-order valence-corrected chi connectivity index (χ4v) is 2.86. The van der Waals surface area contributed by atoms with E-state index in [1.807, 2.05) is 42.5 Å². The minimum absolute atomic E-state index is 0.203. The average molecular weight is 374 g/mol. The molecule has 0 aliphatic carbocycles. The first-order valence-electron chi connectivity index (χ1n) is 8.89. The molecule has 2 amide bonds. The summed E-state index contributed by atoms with van der Waals surface area (Å²) in [6, 6.07) is 18.1. The zero-order chi connectivity index (χ0) is 19.3. The summed E-state index contributed by atoms with van der Waals surface area (Å²) in [5.74, 6) is 0.924. The second-order valence-corrected chi connectivity index (χ2v) is 6.27. The minimum atomic E-state index is -0.355. The van der Waals surface area contributed by atoms with Gasteiger partial charge < -0.3 is 19.8 Å². The number of furan rings is 1. The van der Waals surface area contributed by atoms with E-state index < -0.39 is 0 Å². The van der Waals surface area contributed by atoms with Crippen LogP contribution in [0.4, 0.5) is 5.69 Å². The number of hydrogen-bond acceptors (Lipinski definition) is 4. The van der Waals surface area contributed by atoms with E-state index in [0.29, 0.717) is 30.0 Å². The quantitative estimate of drug-likeness (QED) is 0.669. The molecule has 0 atom stereocenters. The fraction of sp³-hybridized carbons (Fsp3) is 0.0909. The van der Waals surface area contributed by atoms with E-state index in [2.05, 4.69) is 10.6 Å². The summed E-state index contributed by atoms with van der Waals surface area (Å²) < 4.78 is 11.0. The monoisotopic (exact) mass is 374 g/mol. The van der Waals surface area contributed by atoms with Crippen molar-refractivity contribution in [1.29, 1.82) is 0 Å². The van der Waals surface area contributed by atoms with Crippen LogP contribution in [0.15, 0.2) is 77.1 Å². The molecule has 1 aromatic heterocycles. The summed E-state index contributed by atoms with van der Waals surface area (Å²) >= 11 is 0. The highest BCUT2D eigenvalue weighted by molar-refractivity contribution is 6.09. The van der Waals surface area contributed by atoms with Gasteiger partial charge in [0.25, 0.3) is 11.8 Å². The Morgan fingerprint density at radius 2 is 1.93 bits per heavy atom. The Morgan fingerprint density at radius 1 is 1.07 bits per heavy atom. The van der Waals surface area contributed by atoms with Crippen molar-refractivity contribution < 1.29 is 18.7 Å². The second kappa shape index (κ2) is 7.84. The smallest absolute Gasteiger partial charge is 0.291 e. The van der Waals surface area contributed by atoms with Gasteiger partial charge in [0, 0.05) is 18.5 Å². The van der Waals surface area contributed by atoms with Crippen molar-refractivity contribution in [2.75, 3.05) is 11.9 Å². The van der Waals surface area contributed by atoms with Crippen LogP contribution in [0.25, 0.3) is 6.08 Å². The van der Waals surface area contributed by atoms with E-state index in [9.17, 15) is 9.59 Å². The van der Waals surface area contributed by atoms with E-state index in [1.54, 1.807) is 30.5 Å². The Balaban J connectivity index is 1.44. The van der Waals surface area contributed by atoms with Gasteiger partial charge in [0.15, 0.2) is 11.5 Å². The maximum absolute atomic E-state index is 12.3. The minimum Gasteiger partial charge on any atom is -0.469 e. The van der Waals surface area contributed by atoms with E-state index in [-0.39, 0.29) is 17.6 Å². The largest absolute Gasteiger partial charge is 0.469 e. The predicted molar refractivity (Wildman–Crippen MR) is 105 cm³/mol. The normalized spacial score (nSPS) is 14.1. The van der Waals surface area contributed by atoms with Crippen LogP contribution in [0.1, 0.15) is 21.7 Å². The van der Waals surface area contributed by atoms with E-state index in [1.165, 1.54) is 0 Å². The lowest BCUT2D eigenvalue weighted by Gasteiger charge is -2.20. The van der Waals surface area contributed by atoms with Gasteiger partial charge in [-0.15, -0.1) is 0 Å². The van der Waals surface area contributed by atoms with Crippen LogP contribution in [0.5, 0.6) is 5.75 Å². The molecule has 0 saturated heterocycles. The number of rotatable bonds is 5. The highest BCUT2D eigenvalue weighted by Gasteiger charge is 2.23. The van der Waals surface area contributed by atoms with Crippen molar-refractivity contribution in [3.8, 4) is 5.75 Å². The molecule has 0 saturated carbocycles. The van der Waals surface area contributed by atoms with E-state index in [4.69, 9.17) is 9.15 Å². The molecule has 140 valence electrons. The SMILES string of the molecule is O=C1Nc2cc(C(=O)NCCc3ccco3)ccc2OC1=Cc1ccccc1. The third-order valence-corrected chi connectivity index (χ3v) is 4.27. The molecule has 3 aromatic rings. The highest BCUT2D eigenvalue weighted by atomic mass is 16.5. The number of fused-ring (bicyclic) bond motifs is 1. The Morgan fingerprint density at radius 3 is 2.71 bits per heavy atom. The Labute approximate surface area is 161 Å². The molecule has 1 aliphatic rings. The summed E-state index contributed by atoms with van der Waals surface area (Å²) in [6.45, 7) is 0.455. The maximum atomic E-state index is 12.3. The summed E-state index contributed by atoms with van der Waals surface area (Å²) in [5, 5.41) is 5.61. The molecule has 0 unspecified atom stereocenters. The van der Waals surface area contributed by atoms with E-state index in [0.717, 1.165) is 11.3 Å². The molecule has 28 heavy (non-hydrogen) atoms. The standard InChI is InChI=1S/C22H18N2O4/c25-21(23-11-10-17-7-4-12-27-17)16-8-9-19-18(14-16)24-22(26)20(28-19)13-15-5-2-1-3-6-15/h1-9,12-14H,10-11H2,(H,23,25)(H,24,26). The molecule has 0 fully saturated rings. The topological polar surface area (TPSA) is 80.6 Å². The lowest BCUT2D eigenvalue weighted by atomic mass is 10.1. The molecule has 6 heteroatoms. The van der Waals surface area contributed by atoms with Crippen molar-refractivity contribution in [3.63, 3.8) is 0 Å². The number of amides is 2. The van der Waals surface area contributed by atoms with Crippen LogP contribution in [0.3, 0.4) is 0 Å². The summed E-state index contributed by atoms with van der Waals surface area (Å²) in [5.41, 5.74) is 1.77. The molecule has 0 spiro atoms. The van der Waals surface area contributed by atoms with Gasteiger partial charge in [0.2, 0.25) is 0 Å². The van der Waals surface area contributed by atoms with Gasteiger partial charge in [0.05, 0.1) is 12.0 Å². The molecular formula is C22H18N2O4. The van der Waals surface area contributed by atoms with Gasteiger partial charge in [-0.3, -0.25) is 9.59 Å². The van der Waals surface area contributed by atoms with Gasteiger partial charge in [-0.25, -0.2) is 0 Å². The number of anilines is 1. The van der Waals surface area contributed by atoms with Crippen molar-refractivity contribution in [2.24, 2.45) is 0 Å². The van der Waals surface area contributed by atoms with Crippen LogP contribution < -0.4 is 15.4 Å². The molecule has 0 radical (unpaired) electrons. The molecule has 2 N–H and O–H groups in total. The van der Waals surface area contributed by atoms with Gasteiger partial charge in [-0.05, 0) is 42.0 Å². The first-order chi connectivity index (χ1) is 13.7. The number of nitrogens with one attached hydrogen (secondary N) is 2. The average Bonchev–Trinajstić information content (AvgIpc) is 3.22. The van der Waals surface area contributed by atoms with Crippen LogP contribution in [0, 0.1) is 0 Å². The predicted octanol–water partition coefficient (Wildman–Crippen LogP) is 3.62. The number of ether oxygens (including phenoxy) is 1. The number of benzene rings is 2. The maximum Gasteiger partial charge on any atom is 0.291 e. The second-order valence-electron chi connectivity index (χ2n) is 6.27. The fourth-order valence-electron chi connectivity index (χ4n) is 2.86. The number of hydrogen-bond donors (Lipinski definition) is 2. The number of carbonyl (C=O) groups excluding carboxylic acids is 2. The van der Waals surface area contributed by atoms with Crippen LogP contribution in [-0.2, 0) is 11.2 Å². The Hall–Kier alpha value is -3.80. The molecule has 1 aliphatic heterocycles. The molecule has 0 bridgehead atoms. The van der Waals surface area contributed by atoms with Crippen molar-refractivity contribution >= 4 is 23.6 Å². The van der Waals surface area contributed by atoms with Crippen LogP contribution >= 0.6 is 0 Å². The summed E-state index contributed by atoms with van der Waals surface area (Å²) in [4.78, 5) is 24.7. The lowest BCUT2D eigenvalue weighted by Crippen LogP contribution is -2.27.